The number of halogens is 5. The lowest BCUT2D eigenvalue weighted by molar-refractivity contribution is -0.153. The van der Waals surface area contributed by atoms with Crippen LogP contribution in [0.2, 0.25) is 0 Å². The van der Waals surface area contributed by atoms with Crippen LogP contribution in [-0.4, -0.2) is 58.5 Å². The van der Waals surface area contributed by atoms with Crippen LogP contribution in [0, 0.1) is 0 Å². The first kappa shape index (κ1) is 23.6. The van der Waals surface area contributed by atoms with Gasteiger partial charge in [0.2, 0.25) is 0 Å². The van der Waals surface area contributed by atoms with Gasteiger partial charge >= 0.3 is 12.2 Å². The molecule has 0 aliphatic carbocycles. The third-order valence-corrected chi connectivity index (χ3v) is 4.83. The molecule has 1 aromatic heterocycles. The van der Waals surface area contributed by atoms with Gasteiger partial charge in [-0.15, -0.1) is 0 Å². The number of carbonyl (C=O) groups is 1. The van der Waals surface area contributed by atoms with E-state index >= 15 is 0 Å². The quantitative estimate of drug-likeness (QED) is 0.641. The number of amides is 1. The molecule has 2 heterocycles. The number of alkyl halides is 4. The van der Waals surface area contributed by atoms with E-state index in [-0.39, 0.29) is 29.0 Å². The molecule has 7 nitrogen and oxygen atoms in total. The van der Waals surface area contributed by atoms with Crippen LogP contribution in [0.5, 0.6) is 5.75 Å². The molecule has 1 N–H and O–H groups in total. The van der Waals surface area contributed by atoms with Gasteiger partial charge in [-0.2, -0.15) is 13.2 Å². The second-order valence-electron chi connectivity index (χ2n) is 6.87. The number of aliphatic imine (C=N–C) groups is 1. The van der Waals surface area contributed by atoms with Crippen molar-refractivity contribution < 1.29 is 27.1 Å². The highest BCUT2D eigenvalue weighted by atomic mass is 35.5. The molecular formula is C20H20ClF4N5O2. The summed E-state index contributed by atoms with van der Waals surface area (Å²) in [5.41, 5.74) is 0.832. The van der Waals surface area contributed by atoms with Gasteiger partial charge in [0.05, 0.1) is 5.70 Å². The minimum absolute atomic E-state index is 0.00406. The van der Waals surface area contributed by atoms with E-state index in [2.05, 4.69) is 20.0 Å². The Hall–Kier alpha value is -3.08. The zero-order valence-electron chi connectivity index (χ0n) is 16.9. The van der Waals surface area contributed by atoms with E-state index in [0.717, 1.165) is 10.5 Å². The lowest BCUT2D eigenvalue weighted by Crippen LogP contribution is -2.42. The first-order valence-electron chi connectivity index (χ1n) is 9.56. The van der Waals surface area contributed by atoms with Gasteiger partial charge in [0, 0.05) is 18.9 Å². The lowest BCUT2D eigenvalue weighted by Gasteiger charge is -2.30. The third-order valence-electron chi connectivity index (χ3n) is 4.46. The number of ether oxygens (including phenoxy) is 1. The zero-order valence-corrected chi connectivity index (χ0v) is 17.7. The molecule has 0 radical (unpaired) electrons. The highest BCUT2D eigenvalue weighted by molar-refractivity contribution is 6.43. The molecular weight excluding hydrogens is 454 g/mol. The van der Waals surface area contributed by atoms with Gasteiger partial charge in [-0.05, 0) is 31.0 Å². The molecule has 0 spiro atoms. The topological polar surface area (TPSA) is 71.8 Å². The predicted molar refractivity (Wildman–Crippen MR) is 110 cm³/mol. The summed E-state index contributed by atoms with van der Waals surface area (Å²) in [4.78, 5) is 21.8. The summed E-state index contributed by atoms with van der Waals surface area (Å²) >= 11 is 6.34. The van der Waals surface area contributed by atoms with Crippen LogP contribution in [0.4, 0.5) is 22.4 Å². The maximum atomic E-state index is 14.3. The van der Waals surface area contributed by atoms with E-state index in [0.29, 0.717) is 13.0 Å². The van der Waals surface area contributed by atoms with Crippen molar-refractivity contribution >= 4 is 23.5 Å². The van der Waals surface area contributed by atoms with E-state index in [4.69, 9.17) is 11.6 Å². The fourth-order valence-corrected chi connectivity index (χ4v) is 3.35. The number of imidazole rings is 1. The van der Waals surface area contributed by atoms with Gasteiger partial charge in [0.1, 0.15) is 35.8 Å². The summed E-state index contributed by atoms with van der Waals surface area (Å²) in [6.45, 7) is 0.178. The SMILES string of the molecule is CC(F)C1=C(Cl)C(NCCc2ccc(OCC(F)(F)F)cc2)=NCN1C(=O)n1ccnc1. The van der Waals surface area contributed by atoms with Crippen molar-refractivity contribution in [2.24, 2.45) is 4.99 Å². The zero-order chi connectivity index (χ0) is 23.3. The fourth-order valence-electron chi connectivity index (χ4n) is 2.97. The standard InChI is InChI=1S/C20H20ClF4N5O2/c1-13(22)17-16(21)18(28-12-30(17)19(31)29-9-8-26-11-29)27-7-6-14-2-4-15(5-3-14)32-10-20(23,24)25/h2-5,8-9,11,13H,6-7,10,12H2,1H3,(H,27,28). The number of benzene rings is 1. The second-order valence-corrected chi connectivity index (χ2v) is 7.25. The average Bonchev–Trinajstić information content (AvgIpc) is 3.27. The van der Waals surface area contributed by atoms with E-state index < -0.39 is 25.0 Å². The Balaban J connectivity index is 1.59. The third kappa shape index (κ3) is 6.00. The Morgan fingerprint density at radius 3 is 2.62 bits per heavy atom. The van der Waals surface area contributed by atoms with Gasteiger partial charge in [-0.25, -0.2) is 19.2 Å². The van der Waals surface area contributed by atoms with Crippen molar-refractivity contribution in [3.05, 3.63) is 59.3 Å². The molecule has 0 bridgehead atoms. The molecule has 1 amide bonds. The number of allylic oxidation sites excluding steroid dienone is 1. The number of nitrogens with zero attached hydrogens (tertiary/aromatic N) is 4. The molecule has 3 rings (SSSR count). The Kier molecular flexibility index (Phi) is 7.39. The number of nitrogens with one attached hydrogen (secondary N) is 1. The molecule has 0 saturated carbocycles. The van der Waals surface area contributed by atoms with Crippen molar-refractivity contribution in [2.45, 2.75) is 25.7 Å². The van der Waals surface area contributed by atoms with Crippen LogP contribution >= 0.6 is 11.6 Å². The molecule has 0 fully saturated rings. The Morgan fingerprint density at radius 1 is 1.31 bits per heavy atom. The molecule has 0 saturated heterocycles. The smallest absolute Gasteiger partial charge is 0.422 e. The first-order valence-corrected chi connectivity index (χ1v) is 9.94. The van der Waals surface area contributed by atoms with Gasteiger partial charge < -0.3 is 10.1 Å². The van der Waals surface area contributed by atoms with Crippen molar-refractivity contribution in [3.8, 4) is 5.75 Å². The molecule has 172 valence electrons. The molecule has 12 heteroatoms. The average molecular weight is 474 g/mol. The molecule has 1 atom stereocenters. The maximum absolute atomic E-state index is 14.3. The summed E-state index contributed by atoms with van der Waals surface area (Å²) in [5, 5.41) is 3.01. The highest BCUT2D eigenvalue weighted by Crippen LogP contribution is 2.26. The van der Waals surface area contributed by atoms with Crippen LogP contribution < -0.4 is 10.1 Å². The number of hydrogen-bond acceptors (Lipinski definition) is 5. The number of amidine groups is 1. The van der Waals surface area contributed by atoms with Crippen LogP contribution in [-0.2, 0) is 6.42 Å². The van der Waals surface area contributed by atoms with Crippen LogP contribution in [0.25, 0.3) is 0 Å². The molecule has 2 aromatic rings. The van der Waals surface area contributed by atoms with Gasteiger partial charge in [-0.3, -0.25) is 9.47 Å². The van der Waals surface area contributed by atoms with Crippen LogP contribution in [0.3, 0.4) is 0 Å². The minimum Gasteiger partial charge on any atom is -0.484 e. The number of rotatable bonds is 6. The summed E-state index contributed by atoms with van der Waals surface area (Å²) in [7, 11) is 0. The van der Waals surface area contributed by atoms with Crippen LogP contribution in [0.1, 0.15) is 12.5 Å². The number of aromatic nitrogens is 2. The number of hydrogen-bond donors (Lipinski definition) is 1. The van der Waals surface area contributed by atoms with E-state index in [1.54, 1.807) is 12.1 Å². The first-order chi connectivity index (χ1) is 15.2. The summed E-state index contributed by atoms with van der Waals surface area (Å²) in [6.07, 6.45) is -1.25. The van der Waals surface area contributed by atoms with Crippen molar-refractivity contribution in [1.82, 2.24) is 19.8 Å². The molecule has 1 unspecified atom stereocenters. The Morgan fingerprint density at radius 2 is 2.03 bits per heavy atom. The normalized spacial score (nSPS) is 15.4. The highest BCUT2D eigenvalue weighted by Gasteiger charge is 2.31. The maximum Gasteiger partial charge on any atom is 0.422 e. The van der Waals surface area contributed by atoms with Crippen molar-refractivity contribution in [2.75, 3.05) is 19.8 Å². The summed E-state index contributed by atoms with van der Waals surface area (Å²) in [6, 6.07) is 5.67. The molecule has 1 aliphatic rings. The van der Waals surface area contributed by atoms with Gasteiger partial charge in [-0.1, -0.05) is 23.7 Å². The van der Waals surface area contributed by atoms with E-state index in [1.807, 2.05) is 0 Å². The van der Waals surface area contributed by atoms with E-state index in [1.165, 1.54) is 42.3 Å². The predicted octanol–water partition coefficient (Wildman–Crippen LogP) is 4.10. The monoisotopic (exact) mass is 473 g/mol. The van der Waals surface area contributed by atoms with E-state index in [9.17, 15) is 22.4 Å². The number of carbonyl (C=O) groups excluding carboxylic acids is 1. The molecule has 32 heavy (non-hydrogen) atoms. The van der Waals surface area contributed by atoms with Gasteiger partial charge in [0.15, 0.2) is 6.61 Å². The lowest BCUT2D eigenvalue weighted by atomic mass is 10.1. The second kappa shape index (κ2) is 10.0. The molecule has 1 aromatic carbocycles. The summed E-state index contributed by atoms with van der Waals surface area (Å²) in [5.74, 6) is 0.372. The minimum atomic E-state index is -4.40. The van der Waals surface area contributed by atoms with Gasteiger partial charge in [0.25, 0.3) is 0 Å². The Labute approximate surface area is 186 Å². The summed E-state index contributed by atoms with van der Waals surface area (Å²) < 4.78 is 56.8. The Bertz CT molecular complexity index is 988. The molecule has 1 aliphatic heterocycles. The van der Waals surface area contributed by atoms with Crippen LogP contribution in [0.15, 0.2) is 58.7 Å². The fraction of sp³-hybridized carbons (Fsp3) is 0.350. The van der Waals surface area contributed by atoms with Crippen molar-refractivity contribution in [1.29, 1.82) is 0 Å². The van der Waals surface area contributed by atoms with Crippen molar-refractivity contribution in [3.63, 3.8) is 0 Å². The largest absolute Gasteiger partial charge is 0.484 e.